The summed E-state index contributed by atoms with van der Waals surface area (Å²) in [6.07, 6.45) is 7.55. The summed E-state index contributed by atoms with van der Waals surface area (Å²) >= 11 is 0. The fourth-order valence-electron chi connectivity index (χ4n) is 2.82. The highest BCUT2D eigenvalue weighted by atomic mass is 15.0. The molecule has 2 rings (SSSR count). The van der Waals surface area contributed by atoms with Gasteiger partial charge in [0.05, 0.1) is 6.54 Å². The molecule has 0 aromatic carbocycles. The molecule has 1 aliphatic carbocycles. The second-order valence-electron chi connectivity index (χ2n) is 5.63. The molecule has 0 amide bonds. The zero-order valence-electron chi connectivity index (χ0n) is 10.4. The van der Waals surface area contributed by atoms with Crippen LogP contribution >= 0.6 is 0 Å². The van der Waals surface area contributed by atoms with Crippen molar-refractivity contribution >= 4 is 0 Å². The molecule has 16 heavy (non-hydrogen) atoms. The van der Waals surface area contributed by atoms with Gasteiger partial charge in [-0.05, 0) is 36.8 Å². The van der Waals surface area contributed by atoms with E-state index in [1.807, 2.05) is 0 Å². The standard InChI is InChI=1S/C14H20N2/c1-5-6-16-10(2)7-11-12(15)8-14(3,4)9-13(11)16/h1,7,12H,6,8-9,15H2,2-4H3. The molecular weight excluding hydrogens is 196 g/mol. The molecule has 0 saturated heterocycles. The van der Waals surface area contributed by atoms with Gasteiger partial charge in [0.1, 0.15) is 0 Å². The van der Waals surface area contributed by atoms with Crippen LogP contribution in [0.25, 0.3) is 0 Å². The van der Waals surface area contributed by atoms with Crippen LogP contribution in [0, 0.1) is 24.7 Å². The lowest BCUT2D eigenvalue weighted by Gasteiger charge is -2.34. The van der Waals surface area contributed by atoms with E-state index >= 15 is 0 Å². The van der Waals surface area contributed by atoms with Crippen molar-refractivity contribution in [2.45, 2.75) is 46.2 Å². The van der Waals surface area contributed by atoms with Gasteiger partial charge in [-0.2, -0.15) is 0 Å². The molecule has 1 aliphatic rings. The molecule has 2 nitrogen and oxygen atoms in total. The number of aromatic nitrogens is 1. The maximum atomic E-state index is 6.24. The van der Waals surface area contributed by atoms with Crippen molar-refractivity contribution in [3.63, 3.8) is 0 Å². The number of hydrogen-bond acceptors (Lipinski definition) is 1. The Kier molecular flexibility index (Phi) is 2.59. The molecule has 0 saturated carbocycles. The highest BCUT2D eigenvalue weighted by molar-refractivity contribution is 5.34. The van der Waals surface area contributed by atoms with Crippen molar-refractivity contribution in [3.8, 4) is 12.3 Å². The smallest absolute Gasteiger partial charge is 0.0834 e. The number of terminal acetylenes is 1. The largest absolute Gasteiger partial charge is 0.337 e. The van der Waals surface area contributed by atoms with Gasteiger partial charge in [-0.3, -0.25) is 0 Å². The first-order valence-electron chi connectivity index (χ1n) is 5.82. The molecule has 1 unspecified atom stereocenters. The third kappa shape index (κ3) is 1.76. The number of fused-ring (bicyclic) bond motifs is 1. The Bertz CT molecular complexity index is 446. The van der Waals surface area contributed by atoms with E-state index in [1.54, 1.807) is 0 Å². The molecule has 86 valence electrons. The van der Waals surface area contributed by atoms with E-state index in [1.165, 1.54) is 17.0 Å². The highest BCUT2D eigenvalue weighted by Gasteiger charge is 2.32. The first-order valence-corrected chi connectivity index (χ1v) is 5.82. The molecule has 0 fully saturated rings. The lowest BCUT2D eigenvalue weighted by Crippen LogP contribution is -2.30. The molecule has 1 aromatic rings. The van der Waals surface area contributed by atoms with Crippen LogP contribution in [0.3, 0.4) is 0 Å². The van der Waals surface area contributed by atoms with E-state index in [2.05, 4.69) is 37.3 Å². The zero-order valence-corrected chi connectivity index (χ0v) is 10.4. The van der Waals surface area contributed by atoms with Crippen LogP contribution in [0.5, 0.6) is 0 Å². The van der Waals surface area contributed by atoms with Crippen LogP contribution in [0.1, 0.15) is 43.3 Å². The van der Waals surface area contributed by atoms with E-state index in [4.69, 9.17) is 12.2 Å². The van der Waals surface area contributed by atoms with Gasteiger partial charge in [0, 0.05) is 17.4 Å². The lowest BCUT2D eigenvalue weighted by molar-refractivity contribution is 0.276. The number of hydrogen-bond donors (Lipinski definition) is 1. The lowest BCUT2D eigenvalue weighted by atomic mass is 9.74. The number of nitrogens with two attached hydrogens (primary N) is 1. The van der Waals surface area contributed by atoms with Crippen molar-refractivity contribution in [1.82, 2.24) is 4.57 Å². The van der Waals surface area contributed by atoms with E-state index in [0.29, 0.717) is 6.54 Å². The highest BCUT2D eigenvalue weighted by Crippen LogP contribution is 2.40. The maximum Gasteiger partial charge on any atom is 0.0834 e. The van der Waals surface area contributed by atoms with Gasteiger partial charge in [0.2, 0.25) is 0 Å². The normalized spacial score (nSPS) is 22.6. The molecule has 1 heterocycles. The Morgan fingerprint density at radius 3 is 2.94 bits per heavy atom. The van der Waals surface area contributed by atoms with E-state index in [9.17, 15) is 0 Å². The predicted octanol–water partition coefficient (Wildman–Crippen LogP) is 2.40. The molecule has 1 atom stereocenters. The van der Waals surface area contributed by atoms with Crippen molar-refractivity contribution in [2.75, 3.05) is 0 Å². The van der Waals surface area contributed by atoms with Crippen molar-refractivity contribution in [3.05, 3.63) is 23.0 Å². The topological polar surface area (TPSA) is 30.9 Å². The average molecular weight is 216 g/mol. The first kappa shape index (κ1) is 11.3. The molecule has 2 heteroatoms. The van der Waals surface area contributed by atoms with Gasteiger partial charge >= 0.3 is 0 Å². The van der Waals surface area contributed by atoms with Gasteiger partial charge in [-0.25, -0.2) is 0 Å². The van der Waals surface area contributed by atoms with Crippen LogP contribution in [-0.4, -0.2) is 4.57 Å². The summed E-state index contributed by atoms with van der Waals surface area (Å²) in [7, 11) is 0. The summed E-state index contributed by atoms with van der Waals surface area (Å²) in [6.45, 7) is 7.32. The Hall–Kier alpha value is -1.20. The Labute approximate surface area is 97.8 Å². The van der Waals surface area contributed by atoms with Crippen molar-refractivity contribution in [1.29, 1.82) is 0 Å². The summed E-state index contributed by atoms with van der Waals surface area (Å²) in [4.78, 5) is 0. The van der Waals surface area contributed by atoms with E-state index in [-0.39, 0.29) is 11.5 Å². The number of rotatable bonds is 1. The summed E-state index contributed by atoms with van der Waals surface area (Å²) in [5.74, 6) is 2.73. The summed E-state index contributed by atoms with van der Waals surface area (Å²) in [5.41, 5.74) is 10.4. The Morgan fingerprint density at radius 1 is 1.62 bits per heavy atom. The molecule has 0 spiro atoms. The van der Waals surface area contributed by atoms with Crippen LogP contribution in [0.2, 0.25) is 0 Å². The first-order chi connectivity index (χ1) is 7.44. The van der Waals surface area contributed by atoms with E-state index in [0.717, 1.165) is 12.8 Å². The molecule has 0 radical (unpaired) electrons. The number of nitrogens with zero attached hydrogens (tertiary/aromatic N) is 1. The second kappa shape index (κ2) is 3.68. The number of aryl methyl sites for hydroxylation is 1. The molecule has 2 N–H and O–H groups in total. The monoisotopic (exact) mass is 216 g/mol. The molecule has 0 aliphatic heterocycles. The summed E-state index contributed by atoms with van der Waals surface area (Å²) in [6, 6.07) is 2.36. The van der Waals surface area contributed by atoms with Gasteiger partial charge in [0.25, 0.3) is 0 Å². The quantitative estimate of drug-likeness (QED) is 0.718. The third-order valence-corrected chi connectivity index (χ3v) is 3.52. The molecule has 0 bridgehead atoms. The van der Waals surface area contributed by atoms with Gasteiger partial charge in [0.15, 0.2) is 0 Å². The Balaban J connectivity index is 2.50. The average Bonchev–Trinajstić information content (AvgIpc) is 2.44. The fraction of sp³-hybridized carbons (Fsp3) is 0.571. The second-order valence-corrected chi connectivity index (χ2v) is 5.63. The fourth-order valence-corrected chi connectivity index (χ4v) is 2.82. The van der Waals surface area contributed by atoms with Crippen LogP contribution in [-0.2, 0) is 13.0 Å². The summed E-state index contributed by atoms with van der Waals surface area (Å²) < 4.78 is 2.23. The molecule has 1 aromatic heterocycles. The van der Waals surface area contributed by atoms with Crippen LogP contribution < -0.4 is 5.73 Å². The SMILES string of the molecule is C#CCn1c(C)cc2c1CC(C)(C)CC2N. The third-order valence-electron chi connectivity index (χ3n) is 3.52. The van der Waals surface area contributed by atoms with Crippen LogP contribution in [0.15, 0.2) is 6.07 Å². The zero-order chi connectivity index (χ0) is 11.9. The predicted molar refractivity (Wildman–Crippen MR) is 67.0 cm³/mol. The maximum absolute atomic E-state index is 6.24. The van der Waals surface area contributed by atoms with Gasteiger partial charge in [-0.1, -0.05) is 19.8 Å². The van der Waals surface area contributed by atoms with E-state index < -0.39 is 0 Å². The van der Waals surface area contributed by atoms with Crippen molar-refractivity contribution in [2.24, 2.45) is 11.1 Å². The summed E-state index contributed by atoms with van der Waals surface area (Å²) in [5, 5.41) is 0. The minimum absolute atomic E-state index is 0.163. The molecular formula is C14H20N2. The van der Waals surface area contributed by atoms with Crippen molar-refractivity contribution < 1.29 is 0 Å². The van der Waals surface area contributed by atoms with Gasteiger partial charge in [-0.15, -0.1) is 6.42 Å². The Morgan fingerprint density at radius 2 is 2.31 bits per heavy atom. The minimum Gasteiger partial charge on any atom is -0.337 e. The van der Waals surface area contributed by atoms with Gasteiger partial charge < -0.3 is 10.3 Å². The minimum atomic E-state index is 0.163. The van der Waals surface area contributed by atoms with Crippen LogP contribution in [0.4, 0.5) is 0 Å².